The molecule has 2 bridgehead atoms. The molecular formula is C16H20N2O3. The highest BCUT2D eigenvalue weighted by atomic mass is 16.6. The Morgan fingerprint density at radius 2 is 2.19 bits per heavy atom. The van der Waals surface area contributed by atoms with Crippen molar-refractivity contribution in [2.24, 2.45) is 17.8 Å². The lowest BCUT2D eigenvalue weighted by atomic mass is 9.84. The topological polar surface area (TPSA) is 72.2 Å². The average Bonchev–Trinajstić information content (AvgIpc) is 3.10. The number of hydrogen-bond acceptors (Lipinski definition) is 3. The summed E-state index contributed by atoms with van der Waals surface area (Å²) in [6, 6.07) is 6.04. The molecule has 5 heteroatoms. The lowest BCUT2D eigenvalue weighted by Crippen LogP contribution is -2.40. The number of benzene rings is 1. The van der Waals surface area contributed by atoms with Crippen LogP contribution < -0.4 is 5.32 Å². The van der Waals surface area contributed by atoms with Gasteiger partial charge in [-0.25, -0.2) is 0 Å². The van der Waals surface area contributed by atoms with Gasteiger partial charge in [-0.15, -0.1) is 0 Å². The van der Waals surface area contributed by atoms with Gasteiger partial charge < -0.3 is 5.32 Å². The van der Waals surface area contributed by atoms with E-state index in [0.717, 1.165) is 11.8 Å². The second kappa shape index (κ2) is 5.47. The van der Waals surface area contributed by atoms with Crippen molar-refractivity contribution >= 4 is 11.6 Å². The molecule has 1 aromatic rings. The first kappa shape index (κ1) is 14.0. The van der Waals surface area contributed by atoms with Gasteiger partial charge in [-0.05, 0) is 50.0 Å². The molecule has 0 radical (unpaired) electrons. The molecule has 5 nitrogen and oxygen atoms in total. The molecule has 2 aliphatic rings. The van der Waals surface area contributed by atoms with Crippen molar-refractivity contribution in [3.05, 3.63) is 39.9 Å². The fraction of sp³-hybridized carbons (Fsp3) is 0.562. The van der Waals surface area contributed by atoms with Crippen LogP contribution in [0.25, 0.3) is 0 Å². The average molecular weight is 288 g/mol. The molecule has 112 valence electrons. The number of nitrogens with one attached hydrogen (secondary N) is 1. The summed E-state index contributed by atoms with van der Waals surface area (Å²) in [4.78, 5) is 22.6. The van der Waals surface area contributed by atoms with E-state index in [0.29, 0.717) is 11.5 Å². The Morgan fingerprint density at radius 1 is 1.38 bits per heavy atom. The normalized spacial score (nSPS) is 28.3. The zero-order valence-corrected chi connectivity index (χ0v) is 12.1. The van der Waals surface area contributed by atoms with E-state index in [2.05, 4.69) is 12.2 Å². The number of amides is 1. The third-order valence-corrected chi connectivity index (χ3v) is 5.11. The molecule has 4 atom stereocenters. The standard InChI is InChI=1S/C16H20N2O3/c1-10(15-8-11-5-6-12(15)7-11)17-16(19)13-3-2-4-14(9-13)18(20)21/h2-4,9-12,15H,5-8H2,1H3,(H,17,19). The number of nitrogens with zero attached hydrogens (tertiary/aromatic N) is 1. The molecule has 3 rings (SSSR count). The summed E-state index contributed by atoms with van der Waals surface area (Å²) in [7, 11) is 0. The van der Waals surface area contributed by atoms with Crippen LogP contribution >= 0.6 is 0 Å². The summed E-state index contributed by atoms with van der Waals surface area (Å²) < 4.78 is 0. The smallest absolute Gasteiger partial charge is 0.270 e. The third-order valence-electron chi connectivity index (χ3n) is 5.11. The van der Waals surface area contributed by atoms with Gasteiger partial charge in [0.1, 0.15) is 0 Å². The second-order valence-electron chi connectivity index (χ2n) is 6.41. The molecule has 1 amide bonds. The van der Waals surface area contributed by atoms with Crippen molar-refractivity contribution in [1.82, 2.24) is 5.32 Å². The van der Waals surface area contributed by atoms with Gasteiger partial charge in [-0.3, -0.25) is 14.9 Å². The number of rotatable bonds is 4. The maximum absolute atomic E-state index is 12.3. The quantitative estimate of drug-likeness (QED) is 0.683. The molecular weight excluding hydrogens is 268 g/mol. The zero-order valence-electron chi connectivity index (χ0n) is 12.1. The largest absolute Gasteiger partial charge is 0.349 e. The van der Waals surface area contributed by atoms with Crippen LogP contribution in [-0.4, -0.2) is 16.9 Å². The van der Waals surface area contributed by atoms with E-state index >= 15 is 0 Å². The number of non-ortho nitro benzene ring substituents is 1. The van der Waals surface area contributed by atoms with Gasteiger partial charge >= 0.3 is 0 Å². The van der Waals surface area contributed by atoms with E-state index in [4.69, 9.17) is 0 Å². The molecule has 0 aromatic heterocycles. The Morgan fingerprint density at radius 3 is 2.81 bits per heavy atom. The summed E-state index contributed by atoms with van der Waals surface area (Å²) in [6.45, 7) is 2.06. The van der Waals surface area contributed by atoms with Crippen LogP contribution in [0.5, 0.6) is 0 Å². The van der Waals surface area contributed by atoms with Crippen molar-refractivity contribution in [3.8, 4) is 0 Å². The van der Waals surface area contributed by atoms with E-state index in [1.165, 1.54) is 37.8 Å². The highest BCUT2D eigenvalue weighted by Gasteiger charge is 2.42. The predicted octanol–water partition coefficient (Wildman–Crippen LogP) is 3.15. The first-order valence-corrected chi connectivity index (χ1v) is 7.60. The molecule has 0 spiro atoms. The van der Waals surface area contributed by atoms with Gasteiger partial charge in [0.25, 0.3) is 11.6 Å². The minimum absolute atomic E-state index is 0.0461. The molecule has 2 fully saturated rings. The van der Waals surface area contributed by atoms with Crippen molar-refractivity contribution in [2.75, 3.05) is 0 Å². The Balaban J connectivity index is 1.66. The molecule has 21 heavy (non-hydrogen) atoms. The van der Waals surface area contributed by atoms with Crippen LogP contribution in [0.2, 0.25) is 0 Å². The fourth-order valence-corrected chi connectivity index (χ4v) is 4.06. The summed E-state index contributed by atoms with van der Waals surface area (Å²) in [5, 5.41) is 13.8. The van der Waals surface area contributed by atoms with Crippen molar-refractivity contribution in [2.45, 2.75) is 38.6 Å². The number of carbonyl (C=O) groups excluding carboxylic acids is 1. The zero-order chi connectivity index (χ0) is 15.0. The minimum atomic E-state index is -0.476. The monoisotopic (exact) mass is 288 g/mol. The predicted molar refractivity (Wildman–Crippen MR) is 79.0 cm³/mol. The Kier molecular flexibility index (Phi) is 3.66. The van der Waals surface area contributed by atoms with Gasteiger partial charge in [0.05, 0.1) is 4.92 Å². The van der Waals surface area contributed by atoms with E-state index in [-0.39, 0.29) is 17.6 Å². The number of fused-ring (bicyclic) bond motifs is 2. The lowest BCUT2D eigenvalue weighted by molar-refractivity contribution is -0.384. The Labute approximate surface area is 123 Å². The highest BCUT2D eigenvalue weighted by Crippen LogP contribution is 2.49. The Hall–Kier alpha value is -1.91. The molecule has 1 N–H and O–H groups in total. The number of carbonyl (C=O) groups is 1. The van der Waals surface area contributed by atoms with Crippen LogP contribution in [0.4, 0.5) is 5.69 Å². The van der Waals surface area contributed by atoms with Crippen molar-refractivity contribution in [3.63, 3.8) is 0 Å². The van der Waals surface area contributed by atoms with E-state index in [1.807, 2.05) is 0 Å². The van der Waals surface area contributed by atoms with Crippen LogP contribution in [0, 0.1) is 27.9 Å². The van der Waals surface area contributed by atoms with E-state index in [1.54, 1.807) is 12.1 Å². The van der Waals surface area contributed by atoms with Crippen molar-refractivity contribution < 1.29 is 9.72 Å². The fourth-order valence-electron chi connectivity index (χ4n) is 4.06. The van der Waals surface area contributed by atoms with Gasteiger partial charge in [0.15, 0.2) is 0 Å². The highest BCUT2D eigenvalue weighted by molar-refractivity contribution is 5.95. The molecule has 0 saturated heterocycles. The van der Waals surface area contributed by atoms with Crippen LogP contribution in [0.15, 0.2) is 24.3 Å². The summed E-state index contributed by atoms with van der Waals surface area (Å²) in [5.74, 6) is 1.94. The number of hydrogen-bond donors (Lipinski definition) is 1. The van der Waals surface area contributed by atoms with Crippen molar-refractivity contribution in [1.29, 1.82) is 0 Å². The van der Waals surface area contributed by atoms with Gasteiger partial charge in [-0.1, -0.05) is 12.5 Å². The van der Waals surface area contributed by atoms with Gasteiger partial charge in [-0.2, -0.15) is 0 Å². The maximum atomic E-state index is 12.3. The molecule has 2 saturated carbocycles. The maximum Gasteiger partial charge on any atom is 0.270 e. The van der Waals surface area contributed by atoms with Gasteiger partial charge in [0.2, 0.25) is 0 Å². The molecule has 4 unspecified atom stereocenters. The van der Waals surface area contributed by atoms with Crippen LogP contribution in [0.3, 0.4) is 0 Å². The lowest BCUT2D eigenvalue weighted by Gasteiger charge is -2.28. The minimum Gasteiger partial charge on any atom is -0.349 e. The third kappa shape index (κ3) is 2.77. The van der Waals surface area contributed by atoms with E-state index < -0.39 is 4.92 Å². The molecule has 2 aliphatic carbocycles. The summed E-state index contributed by atoms with van der Waals surface area (Å²) in [6.07, 6.45) is 5.14. The number of nitro groups is 1. The van der Waals surface area contributed by atoms with E-state index in [9.17, 15) is 14.9 Å². The summed E-state index contributed by atoms with van der Waals surface area (Å²) in [5.41, 5.74) is 0.314. The van der Waals surface area contributed by atoms with Gasteiger partial charge in [0, 0.05) is 23.7 Å². The first-order chi connectivity index (χ1) is 10.0. The molecule has 0 aliphatic heterocycles. The molecule has 0 heterocycles. The Bertz CT molecular complexity index is 572. The SMILES string of the molecule is CC(NC(=O)c1cccc([N+](=O)[O-])c1)C1CC2CCC1C2. The summed E-state index contributed by atoms with van der Waals surface area (Å²) >= 11 is 0. The van der Waals surface area contributed by atoms with Crippen LogP contribution in [0.1, 0.15) is 43.0 Å². The second-order valence-corrected chi connectivity index (χ2v) is 6.41. The first-order valence-electron chi connectivity index (χ1n) is 7.60. The molecule has 1 aromatic carbocycles. The van der Waals surface area contributed by atoms with Crippen LogP contribution in [-0.2, 0) is 0 Å². The number of nitro benzene ring substituents is 1.